The lowest BCUT2D eigenvalue weighted by Crippen LogP contribution is -2.25. The summed E-state index contributed by atoms with van der Waals surface area (Å²) in [6.07, 6.45) is 0.590. The van der Waals surface area contributed by atoms with Crippen molar-refractivity contribution in [1.29, 1.82) is 0 Å². The summed E-state index contributed by atoms with van der Waals surface area (Å²) in [4.78, 5) is 6.61. The first-order valence-electron chi connectivity index (χ1n) is 7.70. The van der Waals surface area contributed by atoms with Crippen LogP contribution in [-0.4, -0.2) is 50.7 Å². The van der Waals surface area contributed by atoms with Gasteiger partial charge in [-0.2, -0.15) is 4.98 Å². The Balaban J connectivity index is 1.92. The molecule has 1 aromatic carbocycles. The topological polar surface area (TPSA) is 74.8 Å². The highest BCUT2D eigenvalue weighted by Gasteiger charge is 2.15. The number of thioether (sulfide) groups is 1. The van der Waals surface area contributed by atoms with Gasteiger partial charge in [0.05, 0.1) is 0 Å². The average Bonchev–Trinajstić information content (AvgIpc) is 3.04. The minimum absolute atomic E-state index is 0.267. The van der Waals surface area contributed by atoms with E-state index in [0.29, 0.717) is 17.3 Å². The van der Waals surface area contributed by atoms with Gasteiger partial charge >= 0.3 is 0 Å². The molecule has 0 spiro atoms. The molecule has 0 aliphatic heterocycles. The Labute approximate surface area is 140 Å². The predicted molar refractivity (Wildman–Crippen MR) is 92.1 cm³/mol. The maximum Gasteiger partial charge on any atom is 0.286 e. The van der Waals surface area contributed by atoms with Crippen LogP contribution < -0.4 is 0 Å². The lowest BCUT2D eigenvalue weighted by Gasteiger charge is -2.16. The summed E-state index contributed by atoms with van der Waals surface area (Å²) in [7, 11) is 0. The van der Waals surface area contributed by atoms with E-state index in [0.717, 1.165) is 31.0 Å². The molecule has 0 radical (unpaired) electrons. The Morgan fingerprint density at radius 1 is 1.26 bits per heavy atom. The van der Waals surface area contributed by atoms with Crippen molar-refractivity contribution in [2.24, 2.45) is 5.16 Å². The summed E-state index contributed by atoms with van der Waals surface area (Å²) in [5.41, 5.74) is 1.11. The van der Waals surface area contributed by atoms with E-state index in [1.165, 1.54) is 11.8 Å². The number of hydrogen-bond acceptors (Lipinski definition) is 7. The number of aromatic nitrogens is 2. The van der Waals surface area contributed by atoms with E-state index in [4.69, 9.17) is 4.52 Å². The highest BCUT2D eigenvalue weighted by Crippen LogP contribution is 2.14. The lowest BCUT2D eigenvalue weighted by atomic mass is 10.1. The van der Waals surface area contributed by atoms with Crippen molar-refractivity contribution in [3.05, 3.63) is 47.6 Å². The molecule has 2 aromatic rings. The van der Waals surface area contributed by atoms with Crippen molar-refractivity contribution in [3.63, 3.8) is 0 Å². The average molecular weight is 334 g/mol. The molecular weight excluding hydrogens is 312 g/mol. The number of nitrogens with zero attached hydrogens (tertiary/aromatic N) is 4. The predicted octanol–water partition coefficient (Wildman–Crippen LogP) is 2.87. The fourth-order valence-electron chi connectivity index (χ4n) is 2.14. The fraction of sp³-hybridized carbons (Fsp3) is 0.438. The van der Waals surface area contributed by atoms with Crippen molar-refractivity contribution < 1.29 is 9.73 Å². The first-order valence-corrected chi connectivity index (χ1v) is 8.69. The van der Waals surface area contributed by atoms with Crippen molar-refractivity contribution in [1.82, 2.24) is 15.0 Å². The molecule has 0 atom stereocenters. The van der Waals surface area contributed by atoms with E-state index < -0.39 is 0 Å². The van der Waals surface area contributed by atoms with Crippen molar-refractivity contribution >= 4 is 16.8 Å². The monoisotopic (exact) mass is 334 g/mol. The second-order valence-electron chi connectivity index (χ2n) is 4.96. The summed E-state index contributed by atoms with van der Waals surface area (Å²) in [5, 5.41) is 16.8. The maximum absolute atomic E-state index is 9.18. The largest absolute Gasteiger partial charge is 0.410 e. The van der Waals surface area contributed by atoms with Crippen LogP contribution in [0.1, 0.15) is 31.1 Å². The molecular formula is C16H22N4O2S. The van der Waals surface area contributed by atoms with Crippen LogP contribution >= 0.6 is 11.8 Å². The van der Waals surface area contributed by atoms with Crippen molar-refractivity contribution in [2.75, 3.05) is 25.4 Å². The van der Waals surface area contributed by atoms with Gasteiger partial charge in [-0.25, -0.2) is 0 Å². The molecule has 6 nitrogen and oxygen atoms in total. The van der Waals surface area contributed by atoms with Gasteiger partial charge in [-0.05, 0) is 18.7 Å². The standard InChI is InChI=1S/C16H22N4O2S/c1-3-20(4-2)10-11-23-16(18-21)15-17-14(19-22-15)12-13-8-6-5-7-9-13/h5-9,21H,3-4,10-12H2,1-2H3/b18-16-. The van der Waals surface area contributed by atoms with Crippen LogP contribution in [0.5, 0.6) is 0 Å². The third kappa shape index (κ3) is 5.37. The SMILES string of the molecule is CCN(CC)CCS/C(=N\O)c1nc(Cc2ccccc2)no1. The Kier molecular flexibility index (Phi) is 7.09. The van der Waals surface area contributed by atoms with E-state index >= 15 is 0 Å². The van der Waals surface area contributed by atoms with Crippen LogP contribution in [0.15, 0.2) is 40.0 Å². The van der Waals surface area contributed by atoms with Gasteiger partial charge in [-0.15, -0.1) is 0 Å². The van der Waals surface area contributed by atoms with Crippen molar-refractivity contribution in [2.45, 2.75) is 20.3 Å². The zero-order valence-electron chi connectivity index (χ0n) is 13.5. The highest BCUT2D eigenvalue weighted by molar-refractivity contribution is 8.14. The third-order valence-corrected chi connectivity index (χ3v) is 4.40. The summed E-state index contributed by atoms with van der Waals surface area (Å²) in [6.45, 7) is 7.18. The van der Waals surface area contributed by atoms with Gasteiger partial charge in [0.15, 0.2) is 5.82 Å². The van der Waals surface area contributed by atoms with Gasteiger partial charge in [-0.1, -0.05) is 66.3 Å². The molecule has 0 bridgehead atoms. The molecule has 1 aromatic heterocycles. The number of benzene rings is 1. The zero-order valence-corrected chi connectivity index (χ0v) is 14.3. The molecule has 0 aliphatic carbocycles. The molecule has 23 heavy (non-hydrogen) atoms. The molecule has 1 N–H and O–H groups in total. The van der Waals surface area contributed by atoms with Crippen LogP contribution in [0, 0.1) is 0 Å². The van der Waals surface area contributed by atoms with Gasteiger partial charge < -0.3 is 14.6 Å². The van der Waals surface area contributed by atoms with Gasteiger partial charge in [0, 0.05) is 18.7 Å². The van der Waals surface area contributed by atoms with Crippen molar-refractivity contribution in [3.8, 4) is 0 Å². The van der Waals surface area contributed by atoms with E-state index in [9.17, 15) is 5.21 Å². The summed E-state index contributed by atoms with van der Waals surface area (Å²) in [6, 6.07) is 9.93. The van der Waals surface area contributed by atoms with E-state index in [-0.39, 0.29) is 5.89 Å². The molecule has 0 saturated carbocycles. The van der Waals surface area contributed by atoms with Gasteiger partial charge in [0.25, 0.3) is 5.89 Å². The Morgan fingerprint density at radius 3 is 2.65 bits per heavy atom. The number of hydrogen-bond donors (Lipinski definition) is 1. The fourth-order valence-corrected chi connectivity index (χ4v) is 2.94. The maximum atomic E-state index is 9.18. The van der Waals surface area contributed by atoms with Crippen LogP contribution in [0.3, 0.4) is 0 Å². The summed E-state index contributed by atoms with van der Waals surface area (Å²) >= 11 is 1.42. The first-order chi connectivity index (χ1) is 11.3. The molecule has 2 rings (SSSR count). The van der Waals surface area contributed by atoms with Gasteiger partial charge in [0.2, 0.25) is 5.04 Å². The van der Waals surface area contributed by atoms with Crippen LogP contribution in [0.2, 0.25) is 0 Å². The van der Waals surface area contributed by atoms with Crippen LogP contribution in [-0.2, 0) is 6.42 Å². The quantitative estimate of drug-likeness (QED) is 0.346. The van der Waals surface area contributed by atoms with E-state index in [1.807, 2.05) is 30.3 Å². The zero-order chi connectivity index (χ0) is 16.5. The normalized spacial score (nSPS) is 12.0. The third-order valence-electron chi connectivity index (χ3n) is 3.49. The molecule has 0 aliphatic rings. The molecule has 0 amide bonds. The van der Waals surface area contributed by atoms with Gasteiger partial charge in [0.1, 0.15) is 0 Å². The summed E-state index contributed by atoms with van der Waals surface area (Å²) < 4.78 is 5.21. The minimum atomic E-state index is 0.267. The van der Waals surface area contributed by atoms with Crippen LogP contribution in [0.25, 0.3) is 0 Å². The molecule has 0 saturated heterocycles. The molecule has 7 heteroatoms. The summed E-state index contributed by atoms with van der Waals surface area (Å²) in [5.74, 6) is 1.65. The lowest BCUT2D eigenvalue weighted by molar-refractivity contribution is 0.317. The molecule has 0 fully saturated rings. The van der Waals surface area contributed by atoms with Gasteiger partial charge in [-0.3, -0.25) is 0 Å². The van der Waals surface area contributed by atoms with E-state index in [2.05, 4.69) is 34.0 Å². The second-order valence-corrected chi connectivity index (χ2v) is 6.04. The number of rotatable bonds is 8. The van der Waals surface area contributed by atoms with E-state index in [1.54, 1.807) is 0 Å². The smallest absolute Gasteiger partial charge is 0.286 e. The number of oxime groups is 1. The Morgan fingerprint density at radius 2 is 2.00 bits per heavy atom. The Hall–Kier alpha value is -1.86. The minimum Gasteiger partial charge on any atom is -0.410 e. The highest BCUT2D eigenvalue weighted by atomic mass is 32.2. The molecule has 1 heterocycles. The Bertz CT molecular complexity index is 612. The molecule has 0 unspecified atom stereocenters. The second kappa shape index (κ2) is 9.32. The first kappa shape index (κ1) is 17.5. The van der Waals surface area contributed by atoms with Crippen LogP contribution in [0.4, 0.5) is 0 Å². The molecule has 124 valence electrons.